The summed E-state index contributed by atoms with van der Waals surface area (Å²) in [5.74, 6) is -1.65. The van der Waals surface area contributed by atoms with Gasteiger partial charge in [0, 0.05) is 5.02 Å². The first kappa shape index (κ1) is 15.6. The molecule has 0 unspecified atom stereocenters. The highest BCUT2D eigenvalue weighted by Crippen LogP contribution is 2.29. The number of nitrogens with one attached hydrogen (secondary N) is 2. The lowest BCUT2D eigenvalue weighted by atomic mass is 10.2. The number of phenolic OH excluding ortho intramolecular Hbond substituents is 1. The third-order valence-electron chi connectivity index (χ3n) is 2.77. The van der Waals surface area contributed by atoms with Gasteiger partial charge in [-0.3, -0.25) is 15.6 Å². The Morgan fingerprint density at radius 2 is 2.05 bits per heavy atom. The van der Waals surface area contributed by atoms with Crippen LogP contribution in [0.15, 0.2) is 34.8 Å². The van der Waals surface area contributed by atoms with Crippen LogP contribution in [0.5, 0.6) is 5.75 Å². The number of halogens is 3. The molecule has 0 fully saturated rings. The fourth-order valence-corrected chi connectivity index (χ4v) is 2.22. The Balaban J connectivity index is 2.13. The van der Waals surface area contributed by atoms with Gasteiger partial charge in [0.1, 0.15) is 11.6 Å². The van der Waals surface area contributed by atoms with Crippen LogP contribution >= 0.6 is 27.5 Å². The average Bonchev–Trinajstić information content (AvgIpc) is 2.43. The molecule has 2 aromatic rings. The molecule has 0 saturated heterocycles. The van der Waals surface area contributed by atoms with Crippen molar-refractivity contribution in [2.75, 3.05) is 5.43 Å². The number of amides is 1. The van der Waals surface area contributed by atoms with E-state index in [1.165, 1.54) is 0 Å². The van der Waals surface area contributed by atoms with Crippen molar-refractivity contribution in [3.63, 3.8) is 0 Å². The molecule has 0 heterocycles. The Morgan fingerprint density at radius 3 is 2.71 bits per heavy atom. The van der Waals surface area contributed by atoms with Crippen molar-refractivity contribution >= 4 is 39.1 Å². The van der Waals surface area contributed by atoms with Crippen molar-refractivity contribution in [3.05, 3.63) is 56.8 Å². The summed E-state index contributed by atoms with van der Waals surface area (Å²) in [5.41, 5.74) is 6.29. The molecular formula is C14H11BrClFN2O2. The average molecular weight is 374 g/mol. The molecule has 2 rings (SSSR count). The van der Waals surface area contributed by atoms with Crippen LogP contribution in [0.3, 0.4) is 0 Å². The van der Waals surface area contributed by atoms with E-state index in [0.29, 0.717) is 10.7 Å². The van der Waals surface area contributed by atoms with E-state index in [9.17, 15) is 14.3 Å². The minimum atomic E-state index is -0.676. The second kappa shape index (κ2) is 6.32. The fourth-order valence-electron chi connectivity index (χ4n) is 1.61. The zero-order valence-corrected chi connectivity index (χ0v) is 13.2. The molecule has 0 aromatic heterocycles. The van der Waals surface area contributed by atoms with E-state index in [-0.39, 0.29) is 15.8 Å². The third kappa shape index (κ3) is 3.65. The molecule has 0 aliphatic carbocycles. The van der Waals surface area contributed by atoms with Gasteiger partial charge in [-0.05, 0) is 52.7 Å². The molecule has 0 aliphatic heterocycles. The Labute approximate surface area is 134 Å². The molecule has 7 heteroatoms. The van der Waals surface area contributed by atoms with E-state index in [1.54, 1.807) is 18.2 Å². The molecular weight excluding hydrogens is 363 g/mol. The molecule has 0 aliphatic rings. The Hall–Kier alpha value is -1.79. The van der Waals surface area contributed by atoms with Crippen LogP contribution in [-0.4, -0.2) is 11.0 Å². The Bertz CT molecular complexity index is 710. The highest BCUT2D eigenvalue weighted by molar-refractivity contribution is 9.10. The standard InChI is InChI=1S/C14H11BrClFN2O2/c1-7-2-3-9(6-12(7)16)18-19-14(21)10-4-8(17)5-11(15)13(10)20/h2-6,18,20H,1H3,(H,19,21). The predicted octanol–water partition coefficient (Wildman–Crippen LogP) is 4.01. The summed E-state index contributed by atoms with van der Waals surface area (Å²) in [6.45, 7) is 1.85. The van der Waals surface area contributed by atoms with Crippen LogP contribution in [0.1, 0.15) is 15.9 Å². The fraction of sp³-hybridized carbons (Fsp3) is 0.0714. The zero-order chi connectivity index (χ0) is 15.6. The van der Waals surface area contributed by atoms with Gasteiger partial charge in [0.25, 0.3) is 5.91 Å². The molecule has 0 radical (unpaired) electrons. The molecule has 110 valence electrons. The van der Waals surface area contributed by atoms with Gasteiger partial charge in [-0.15, -0.1) is 0 Å². The minimum absolute atomic E-state index is 0.103. The zero-order valence-electron chi connectivity index (χ0n) is 10.9. The van der Waals surface area contributed by atoms with E-state index < -0.39 is 11.7 Å². The highest BCUT2D eigenvalue weighted by Gasteiger charge is 2.15. The predicted molar refractivity (Wildman–Crippen MR) is 83.0 cm³/mol. The normalized spacial score (nSPS) is 10.3. The van der Waals surface area contributed by atoms with Crippen LogP contribution in [0, 0.1) is 12.7 Å². The van der Waals surface area contributed by atoms with E-state index in [2.05, 4.69) is 26.8 Å². The van der Waals surface area contributed by atoms with Gasteiger partial charge in [-0.25, -0.2) is 4.39 Å². The van der Waals surface area contributed by atoms with Gasteiger partial charge >= 0.3 is 0 Å². The molecule has 1 amide bonds. The quantitative estimate of drug-likeness (QED) is 0.712. The van der Waals surface area contributed by atoms with Crippen molar-refractivity contribution in [3.8, 4) is 5.75 Å². The molecule has 3 N–H and O–H groups in total. The minimum Gasteiger partial charge on any atom is -0.506 e. The van der Waals surface area contributed by atoms with Crippen molar-refractivity contribution < 1.29 is 14.3 Å². The number of carbonyl (C=O) groups is 1. The van der Waals surface area contributed by atoms with Gasteiger partial charge in [-0.1, -0.05) is 17.7 Å². The first-order chi connectivity index (χ1) is 9.88. The molecule has 0 bridgehead atoms. The van der Waals surface area contributed by atoms with E-state index >= 15 is 0 Å². The summed E-state index contributed by atoms with van der Waals surface area (Å²) in [6, 6.07) is 7.16. The topological polar surface area (TPSA) is 61.4 Å². The van der Waals surface area contributed by atoms with Crippen LogP contribution in [0.25, 0.3) is 0 Å². The van der Waals surface area contributed by atoms with Crippen LogP contribution < -0.4 is 10.9 Å². The summed E-state index contributed by atoms with van der Waals surface area (Å²) >= 11 is 8.94. The molecule has 4 nitrogen and oxygen atoms in total. The largest absolute Gasteiger partial charge is 0.506 e. The van der Waals surface area contributed by atoms with Crippen LogP contribution in [-0.2, 0) is 0 Å². The first-order valence-corrected chi connectivity index (χ1v) is 7.06. The maximum Gasteiger partial charge on any atom is 0.273 e. The van der Waals surface area contributed by atoms with E-state index in [1.807, 2.05) is 6.92 Å². The van der Waals surface area contributed by atoms with E-state index in [4.69, 9.17) is 11.6 Å². The van der Waals surface area contributed by atoms with Crippen LogP contribution in [0.4, 0.5) is 10.1 Å². The monoisotopic (exact) mass is 372 g/mol. The summed E-state index contributed by atoms with van der Waals surface area (Å²) < 4.78 is 13.4. The summed E-state index contributed by atoms with van der Waals surface area (Å²) in [6.07, 6.45) is 0. The van der Waals surface area contributed by atoms with Gasteiger partial charge in [0.05, 0.1) is 15.7 Å². The number of benzene rings is 2. The molecule has 0 atom stereocenters. The van der Waals surface area contributed by atoms with Gasteiger partial charge in [0.15, 0.2) is 0 Å². The number of phenols is 1. The van der Waals surface area contributed by atoms with Crippen molar-refractivity contribution in [2.45, 2.75) is 6.92 Å². The lowest BCUT2D eigenvalue weighted by molar-refractivity contribution is 0.0959. The van der Waals surface area contributed by atoms with Crippen molar-refractivity contribution in [1.82, 2.24) is 5.43 Å². The summed E-state index contributed by atoms with van der Waals surface area (Å²) in [4.78, 5) is 11.9. The van der Waals surface area contributed by atoms with Gasteiger partial charge < -0.3 is 5.11 Å². The lowest BCUT2D eigenvalue weighted by Gasteiger charge is -2.11. The molecule has 0 spiro atoms. The number of rotatable bonds is 3. The molecule has 0 saturated carbocycles. The number of aryl methyl sites for hydroxylation is 1. The Kier molecular flexibility index (Phi) is 4.69. The number of carbonyl (C=O) groups excluding carboxylic acids is 1. The van der Waals surface area contributed by atoms with Crippen LogP contribution in [0.2, 0.25) is 5.02 Å². The first-order valence-electron chi connectivity index (χ1n) is 5.89. The lowest BCUT2D eigenvalue weighted by Crippen LogP contribution is -2.29. The molecule has 2 aromatic carbocycles. The second-order valence-corrected chi connectivity index (χ2v) is 5.59. The third-order valence-corrected chi connectivity index (χ3v) is 3.78. The summed E-state index contributed by atoms with van der Waals surface area (Å²) in [5, 5.41) is 10.3. The number of hydrogen-bond donors (Lipinski definition) is 3. The number of hydrogen-bond acceptors (Lipinski definition) is 3. The Morgan fingerprint density at radius 1 is 1.33 bits per heavy atom. The van der Waals surface area contributed by atoms with Crippen molar-refractivity contribution in [1.29, 1.82) is 0 Å². The number of aromatic hydroxyl groups is 1. The smallest absolute Gasteiger partial charge is 0.273 e. The van der Waals surface area contributed by atoms with E-state index in [0.717, 1.165) is 17.7 Å². The van der Waals surface area contributed by atoms with Gasteiger partial charge in [-0.2, -0.15) is 0 Å². The second-order valence-electron chi connectivity index (χ2n) is 4.33. The maximum atomic E-state index is 13.3. The summed E-state index contributed by atoms with van der Waals surface area (Å²) in [7, 11) is 0. The SMILES string of the molecule is Cc1ccc(NNC(=O)c2cc(F)cc(Br)c2O)cc1Cl. The van der Waals surface area contributed by atoms with Gasteiger partial charge in [0.2, 0.25) is 0 Å². The number of anilines is 1. The highest BCUT2D eigenvalue weighted by atomic mass is 79.9. The number of hydrazine groups is 1. The maximum absolute atomic E-state index is 13.3. The van der Waals surface area contributed by atoms with Crippen molar-refractivity contribution in [2.24, 2.45) is 0 Å². The molecule has 21 heavy (non-hydrogen) atoms.